The fourth-order valence-electron chi connectivity index (χ4n) is 4.54. The van der Waals surface area contributed by atoms with Crippen molar-refractivity contribution in [3.05, 3.63) is 30.1 Å². The summed E-state index contributed by atoms with van der Waals surface area (Å²) in [5.41, 5.74) is -2.03. The number of carboxylic acid groups (broad SMARTS) is 2. The molecule has 10 nitrogen and oxygen atoms in total. The minimum Gasteiger partial charge on any atom is -0.481 e. The standard InChI is InChI=1S/C24H34N2O8/c1-16(2)14-26(22(17-8-4-3-5-9-17)18-10-6-7-11-25-18)15-21(30)34-20(29)13-24(33,23(31)32)12-19(27)28/h6-7,10-11,16-17,22,33H,3-5,8-9,12-15H2,1-2H3,(H,27,28)(H,31,32). The molecule has 0 bridgehead atoms. The lowest BCUT2D eigenvalue weighted by molar-refractivity contribution is -0.175. The Bertz CT molecular complexity index is 854. The summed E-state index contributed by atoms with van der Waals surface area (Å²) in [5, 5.41) is 28.0. The van der Waals surface area contributed by atoms with Crippen LogP contribution in [-0.2, 0) is 23.9 Å². The van der Waals surface area contributed by atoms with Crippen molar-refractivity contribution in [2.75, 3.05) is 13.1 Å². The third-order valence-corrected chi connectivity index (χ3v) is 5.92. The maximum atomic E-state index is 12.7. The Labute approximate surface area is 198 Å². The van der Waals surface area contributed by atoms with Gasteiger partial charge in [0.2, 0.25) is 0 Å². The number of esters is 2. The number of nitrogens with zero attached hydrogens (tertiary/aromatic N) is 2. The molecule has 1 saturated carbocycles. The molecule has 2 rings (SSSR count). The molecule has 10 heteroatoms. The second-order valence-corrected chi connectivity index (χ2v) is 9.35. The van der Waals surface area contributed by atoms with Gasteiger partial charge in [0.25, 0.3) is 0 Å². The topological polar surface area (TPSA) is 154 Å². The van der Waals surface area contributed by atoms with Gasteiger partial charge in [-0.3, -0.25) is 24.3 Å². The molecule has 1 aliphatic carbocycles. The van der Waals surface area contributed by atoms with E-state index < -0.39 is 42.3 Å². The minimum absolute atomic E-state index is 0.158. The van der Waals surface area contributed by atoms with Crippen LogP contribution in [0.15, 0.2) is 24.4 Å². The molecule has 2 atom stereocenters. The van der Waals surface area contributed by atoms with Gasteiger partial charge in [-0.1, -0.05) is 39.2 Å². The van der Waals surface area contributed by atoms with Crippen molar-refractivity contribution in [3.63, 3.8) is 0 Å². The molecule has 0 aromatic carbocycles. The van der Waals surface area contributed by atoms with Crippen molar-refractivity contribution in [1.82, 2.24) is 9.88 Å². The summed E-state index contributed by atoms with van der Waals surface area (Å²) in [5.74, 6) is -5.20. The van der Waals surface area contributed by atoms with E-state index >= 15 is 0 Å². The average molecular weight is 479 g/mol. The maximum Gasteiger partial charge on any atom is 0.336 e. The van der Waals surface area contributed by atoms with E-state index in [1.165, 1.54) is 0 Å². The number of carbonyl (C=O) groups excluding carboxylic acids is 2. The summed E-state index contributed by atoms with van der Waals surface area (Å²) >= 11 is 0. The number of ether oxygens (including phenoxy) is 1. The predicted molar refractivity (Wildman–Crippen MR) is 121 cm³/mol. The van der Waals surface area contributed by atoms with Gasteiger partial charge < -0.3 is 20.1 Å². The van der Waals surface area contributed by atoms with Crippen LogP contribution in [-0.4, -0.2) is 67.8 Å². The number of hydrogen-bond donors (Lipinski definition) is 3. The first-order valence-electron chi connectivity index (χ1n) is 11.6. The third-order valence-electron chi connectivity index (χ3n) is 5.92. The van der Waals surface area contributed by atoms with Gasteiger partial charge in [-0.2, -0.15) is 0 Å². The molecule has 0 aliphatic heterocycles. The molecule has 1 heterocycles. The Kier molecular flexibility index (Phi) is 10.1. The summed E-state index contributed by atoms with van der Waals surface area (Å²) in [6.45, 7) is 4.34. The molecule has 3 N–H and O–H groups in total. The third kappa shape index (κ3) is 8.18. The second kappa shape index (κ2) is 12.6. The Morgan fingerprint density at radius 2 is 1.76 bits per heavy atom. The first-order chi connectivity index (χ1) is 16.0. The summed E-state index contributed by atoms with van der Waals surface area (Å²) in [4.78, 5) is 53.5. The van der Waals surface area contributed by atoms with E-state index in [0.717, 1.165) is 37.8 Å². The molecule has 1 aromatic rings. The highest BCUT2D eigenvalue weighted by Gasteiger charge is 2.42. The molecular weight excluding hydrogens is 444 g/mol. The Balaban J connectivity index is 2.18. The van der Waals surface area contributed by atoms with E-state index in [1.807, 2.05) is 36.9 Å². The fraction of sp³-hybridized carbons (Fsp3) is 0.625. The Morgan fingerprint density at radius 3 is 2.29 bits per heavy atom. The minimum atomic E-state index is -2.86. The van der Waals surface area contributed by atoms with Crippen LogP contribution in [0.1, 0.15) is 70.5 Å². The van der Waals surface area contributed by atoms with Crippen LogP contribution >= 0.6 is 0 Å². The zero-order valence-electron chi connectivity index (χ0n) is 19.7. The SMILES string of the molecule is CC(C)CN(CC(=O)OC(=O)CC(O)(CC(=O)O)C(=O)O)C(c1ccccn1)C1CCCCC1. The lowest BCUT2D eigenvalue weighted by Crippen LogP contribution is -2.44. The Morgan fingerprint density at radius 1 is 1.09 bits per heavy atom. The summed E-state index contributed by atoms with van der Waals surface area (Å²) in [7, 11) is 0. The van der Waals surface area contributed by atoms with E-state index in [2.05, 4.69) is 4.98 Å². The van der Waals surface area contributed by atoms with Crippen LogP contribution in [0.3, 0.4) is 0 Å². The molecule has 34 heavy (non-hydrogen) atoms. The molecular formula is C24H34N2O8. The van der Waals surface area contributed by atoms with Crippen LogP contribution < -0.4 is 0 Å². The molecule has 1 aromatic heterocycles. The van der Waals surface area contributed by atoms with Crippen molar-refractivity contribution in [2.24, 2.45) is 11.8 Å². The van der Waals surface area contributed by atoms with Gasteiger partial charge in [-0.15, -0.1) is 0 Å². The molecule has 1 aliphatic rings. The number of aliphatic carboxylic acids is 2. The highest BCUT2D eigenvalue weighted by atomic mass is 16.6. The zero-order valence-corrected chi connectivity index (χ0v) is 19.7. The highest BCUT2D eigenvalue weighted by Crippen LogP contribution is 2.38. The van der Waals surface area contributed by atoms with E-state index in [4.69, 9.17) is 14.9 Å². The first-order valence-corrected chi connectivity index (χ1v) is 11.6. The van der Waals surface area contributed by atoms with Crippen molar-refractivity contribution < 1.29 is 39.2 Å². The number of pyridine rings is 1. The fourth-order valence-corrected chi connectivity index (χ4v) is 4.54. The van der Waals surface area contributed by atoms with Gasteiger partial charge >= 0.3 is 23.9 Å². The summed E-state index contributed by atoms with van der Waals surface area (Å²) in [6.07, 6.45) is 4.67. The summed E-state index contributed by atoms with van der Waals surface area (Å²) in [6, 6.07) is 5.47. The zero-order chi connectivity index (χ0) is 25.3. The van der Waals surface area contributed by atoms with E-state index in [-0.39, 0.29) is 24.4 Å². The monoisotopic (exact) mass is 478 g/mol. The number of aliphatic hydroxyl groups is 1. The quantitative estimate of drug-likeness (QED) is 0.301. The highest BCUT2D eigenvalue weighted by molar-refractivity contribution is 5.92. The molecule has 188 valence electrons. The van der Waals surface area contributed by atoms with Crippen LogP contribution in [0.4, 0.5) is 0 Å². The van der Waals surface area contributed by atoms with Crippen molar-refractivity contribution in [2.45, 2.75) is 70.4 Å². The van der Waals surface area contributed by atoms with Gasteiger partial charge in [0, 0.05) is 12.7 Å². The number of carboxylic acids is 2. The van der Waals surface area contributed by atoms with Crippen LogP contribution in [0.2, 0.25) is 0 Å². The maximum absolute atomic E-state index is 12.7. The smallest absolute Gasteiger partial charge is 0.336 e. The normalized spacial score (nSPS) is 17.2. The van der Waals surface area contributed by atoms with E-state index in [9.17, 15) is 24.3 Å². The Hall–Kier alpha value is -2.85. The van der Waals surface area contributed by atoms with E-state index in [0.29, 0.717) is 6.54 Å². The largest absolute Gasteiger partial charge is 0.481 e. The van der Waals surface area contributed by atoms with Gasteiger partial charge in [-0.05, 0) is 36.8 Å². The summed E-state index contributed by atoms with van der Waals surface area (Å²) < 4.78 is 4.81. The molecule has 0 radical (unpaired) electrons. The lowest BCUT2D eigenvalue weighted by Gasteiger charge is -2.38. The molecule has 1 fully saturated rings. The number of aromatic nitrogens is 1. The van der Waals surface area contributed by atoms with Crippen molar-refractivity contribution >= 4 is 23.9 Å². The van der Waals surface area contributed by atoms with E-state index in [1.54, 1.807) is 6.20 Å². The number of hydrogen-bond acceptors (Lipinski definition) is 8. The molecule has 0 amide bonds. The van der Waals surface area contributed by atoms with Gasteiger partial charge in [-0.25, -0.2) is 4.79 Å². The van der Waals surface area contributed by atoms with Crippen molar-refractivity contribution in [3.8, 4) is 0 Å². The number of carbonyl (C=O) groups is 4. The van der Waals surface area contributed by atoms with Gasteiger partial charge in [0.15, 0.2) is 5.60 Å². The average Bonchev–Trinajstić information content (AvgIpc) is 2.74. The van der Waals surface area contributed by atoms with Crippen LogP contribution in [0, 0.1) is 11.8 Å². The molecule has 0 saturated heterocycles. The van der Waals surface area contributed by atoms with Gasteiger partial charge in [0.1, 0.15) is 0 Å². The number of rotatable bonds is 12. The lowest BCUT2D eigenvalue weighted by atomic mass is 9.81. The van der Waals surface area contributed by atoms with Crippen LogP contribution in [0.25, 0.3) is 0 Å². The predicted octanol–water partition coefficient (Wildman–Crippen LogP) is 2.41. The van der Waals surface area contributed by atoms with Crippen LogP contribution in [0.5, 0.6) is 0 Å². The van der Waals surface area contributed by atoms with Crippen molar-refractivity contribution in [1.29, 1.82) is 0 Å². The molecule has 0 spiro atoms. The molecule has 2 unspecified atom stereocenters. The van der Waals surface area contributed by atoms with Gasteiger partial charge in [0.05, 0.1) is 31.1 Å². The first kappa shape index (κ1) is 27.4. The second-order valence-electron chi connectivity index (χ2n) is 9.35.